The molecule has 1 N–H and O–H groups in total. The van der Waals surface area contributed by atoms with Gasteiger partial charge in [0.1, 0.15) is 18.7 Å². The minimum absolute atomic E-state index is 0.129. The first-order chi connectivity index (χ1) is 8.24. The smallest absolute Gasteiger partial charge is 0.247 e. The molecule has 0 aromatic carbocycles. The highest BCUT2D eigenvalue weighted by Gasteiger charge is 2.31. The molecule has 0 radical (unpaired) electrons. The van der Waals surface area contributed by atoms with Crippen molar-refractivity contribution in [2.75, 3.05) is 19.6 Å². The van der Waals surface area contributed by atoms with Gasteiger partial charge in [0.25, 0.3) is 0 Å². The summed E-state index contributed by atoms with van der Waals surface area (Å²) in [6.07, 6.45) is 4.02. The highest BCUT2D eigenvalue weighted by atomic mass is 16.2. The van der Waals surface area contributed by atoms with Gasteiger partial charge in [-0.05, 0) is 13.3 Å². The van der Waals surface area contributed by atoms with E-state index in [0.717, 1.165) is 26.1 Å². The highest BCUT2D eigenvalue weighted by molar-refractivity contribution is 5.80. The third kappa shape index (κ3) is 2.46. The van der Waals surface area contributed by atoms with Crippen LogP contribution in [0.1, 0.15) is 26.3 Å². The minimum Gasteiger partial charge on any atom is -0.335 e. The molecule has 1 fully saturated rings. The summed E-state index contributed by atoms with van der Waals surface area (Å²) in [4.78, 5) is 18.2. The average molecular weight is 237 g/mol. The molecule has 0 bridgehead atoms. The molecule has 0 aliphatic carbocycles. The number of carbonyl (C=O) groups is 1. The molecule has 1 aliphatic heterocycles. The SMILES string of the molecule is CCCN(C(=O)C(C)n1cncn1)C1CNC1. The van der Waals surface area contributed by atoms with Crippen LogP contribution in [0.4, 0.5) is 0 Å². The van der Waals surface area contributed by atoms with E-state index in [2.05, 4.69) is 22.3 Å². The number of aromatic nitrogens is 3. The Hall–Kier alpha value is -1.43. The van der Waals surface area contributed by atoms with Crippen molar-refractivity contribution in [1.29, 1.82) is 0 Å². The van der Waals surface area contributed by atoms with E-state index in [0.29, 0.717) is 6.04 Å². The van der Waals surface area contributed by atoms with Crippen LogP contribution in [-0.2, 0) is 4.79 Å². The van der Waals surface area contributed by atoms with Crippen LogP contribution in [-0.4, -0.2) is 51.2 Å². The topological polar surface area (TPSA) is 63.1 Å². The summed E-state index contributed by atoms with van der Waals surface area (Å²) in [5, 5.41) is 7.23. The van der Waals surface area contributed by atoms with Crippen LogP contribution >= 0.6 is 0 Å². The molecule has 2 rings (SSSR count). The van der Waals surface area contributed by atoms with Crippen molar-refractivity contribution in [1.82, 2.24) is 25.0 Å². The van der Waals surface area contributed by atoms with Crippen LogP contribution in [0.5, 0.6) is 0 Å². The number of rotatable bonds is 5. The maximum atomic E-state index is 12.4. The summed E-state index contributed by atoms with van der Waals surface area (Å²) in [6, 6.07) is 0.0677. The van der Waals surface area contributed by atoms with E-state index in [1.807, 2.05) is 11.8 Å². The van der Waals surface area contributed by atoms with Crippen molar-refractivity contribution in [3.05, 3.63) is 12.7 Å². The fourth-order valence-corrected chi connectivity index (χ4v) is 1.98. The van der Waals surface area contributed by atoms with Crippen molar-refractivity contribution in [2.45, 2.75) is 32.4 Å². The summed E-state index contributed by atoms with van der Waals surface area (Å²) < 4.78 is 1.61. The Balaban J connectivity index is 2.04. The maximum Gasteiger partial charge on any atom is 0.247 e. The van der Waals surface area contributed by atoms with Gasteiger partial charge >= 0.3 is 0 Å². The predicted octanol–water partition coefficient (Wildman–Crippen LogP) is 0.0495. The molecule has 94 valence electrons. The lowest BCUT2D eigenvalue weighted by Gasteiger charge is -2.39. The van der Waals surface area contributed by atoms with Gasteiger partial charge in [-0.1, -0.05) is 6.92 Å². The Bertz CT molecular complexity index is 360. The molecular formula is C11H19N5O. The van der Waals surface area contributed by atoms with Gasteiger partial charge in [0.15, 0.2) is 0 Å². The van der Waals surface area contributed by atoms with Crippen LogP contribution in [0.25, 0.3) is 0 Å². The number of hydrogen-bond donors (Lipinski definition) is 1. The molecule has 1 unspecified atom stereocenters. The summed E-state index contributed by atoms with van der Waals surface area (Å²) in [7, 11) is 0. The molecule has 1 aromatic rings. The van der Waals surface area contributed by atoms with Gasteiger partial charge in [0, 0.05) is 19.6 Å². The van der Waals surface area contributed by atoms with E-state index < -0.39 is 0 Å². The third-order valence-corrected chi connectivity index (χ3v) is 3.14. The summed E-state index contributed by atoms with van der Waals surface area (Å²) >= 11 is 0. The van der Waals surface area contributed by atoms with Gasteiger partial charge in [-0.2, -0.15) is 5.10 Å². The van der Waals surface area contributed by atoms with Gasteiger partial charge in [0.05, 0.1) is 6.04 Å². The fourth-order valence-electron chi connectivity index (χ4n) is 1.98. The molecule has 1 aliphatic rings. The number of amides is 1. The van der Waals surface area contributed by atoms with Gasteiger partial charge in [-0.25, -0.2) is 9.67 Å². The molecule has 6 heteroatoms. The highest BCUT2D eigenvalue weighted by Crippen LogP contribution is 2.14. The second kappa shape index (κ2) is 5.27. The Morgan fingerprint density at radius 1 is 1.65 bits per heavy atom. The molecule has 0 spiro atoms. The van der Waals surface area contributed by atoms with Crippen molar-refractivity contribution in [3.8, 4) is 0 Å². The van der Waals surface area contributed by atoms with Crippen molar-refractivity contribution < 1.29 is 4.79 Å². The zero-order valence-corrected chi connectivity index (χ0v) is 10.3. The average Bonchev–Trinajstić information content (AvgIpc) is 2.77. The quantitative estimate of drug-likeness (QED) is 0.786. The largest absolute Gasteiger partial charge is 0.335 e. The van der Waals surface area contributed by atoms with Gasteiger partial charge in [-0.3, -0.25) is 4.79 Å². The van der Waals surface area contributed by atoms with E-state index >= 15 is 0 Å². The third-order valence-electron chi connectivity index (χ3n) is 3.14. The molecule has 1 atom stereocenters. The van der Waals surface area contributed by atoms with Gasteiger partial charge in [0.2, 0.25) is 5.91 Å². The number of nitrogens with zero attached hydrogens (tertiary/aromatic N) is 4. The molecule has 1 aromatic heterocycles. The van der Waals surface area contributed by atoms with Gasteiger partial charge in [-0.15, -0.1) is 0 Å². The van der Waals surface area contributed by atoms with Crippen LogP contribution < -0.4 is 5.32 Å². The number of hydrogen-bond acceptors (Lipinski definition) is 4. The van der Waals surface area contributed by atoms with Crippen LogP contribution in [0.15, 0.2) is 12.7 Å². The van der Waals surface area contributed by atoms with Gasteiger partial charge < -0.3 is 10.2 Å². The van der Waals surface area contributed by atoms with Crippen LogP contribution in [0, 0.1) is 0 Å². The van der Waals surface area contributed by atoms with E-state index in [9.17, 15) is 4.79 Å². The lowest BCUT2D eigenvalue weighted by molar-refractivity contribution is -0.138. The Morgan fingerprint density at radius 3 is 2.88 bits per heavy atom. The van der Waals surface area contributed by atoms with E-state index in [1.54, 1.807) is 11.0 Å². The molecule has 17 heavy (non-hydrogen) atoms. The normalized spacial score (nSPS) is 17.5. The fraction of sp³-hybridized carbons (Fsp3) is 0.727. The lowest BCUT2D eigenvalue weighted by atomic mass is 10.1. The number of carbonyl (C=O) groups excluding carboxylic acids is 1. The van der Waals surface area contributed by atoms with E-state index in [4.69, 9.17) is 0 Å². The predicted molar refractivity (Wildman–Crippen MR) is 63.4 cm³/mol. The first-order valence-electron chi connectivity index (χ1n) is 6.09. The monoisotopic (exact) mass is 237 g/mol. The van der Waals surface area contributed by atoms with Crippen LogP contribution in [0.2, 0.25) is 0 Å². The lowest BCUT2D eigenvalue weighted by Crippen LogP contribution is -2.59. The first-order valence-corrected chi connectivity index (χ1v) is 6.09. The minimum atomic E-state index is -0.273. The molecule has 0 saturated carbocycles. The first kappa shape index (κ1) is 12.0. The Morgan fingerprint density at radius 2 is 2.41 bits per heavy atom. The Kier molecular flexibility index (Phi) is 3.73. The molecule has 2 heterocycles. The summed E-state index contributed by atoms with van der Waals surface area (Å²) in [5.74, 6) is 0.129. The summed E-state index contributed by atoms with van der Waals surface area (Å²) in [6.45, 7) is 6.56. The van der Waals surface area contributed by atoms with Crippen molar-refractivity contribution in [2.24, 2.45) is 0 Å². The molecular weight excluding hydrogens is 218 g/mol. The molecule has 1 amide bonds. The Labute approximate surface area is 101 Å². The molecule has 1 saturated heterocycles. The molecule has 6 nitrogen and oxygen atoms in total. The second-order valence-corrected chi connectivity index (χ2v) is 4.40. The zero-order chi connectivity index (χ0) is 12.3. The second-order valence-electron chi connectivity index (χ2n) is 4.40. The van der Waals surface area contributed by atoms with Crippen molar-refractivity contribution >= 4 is 5.91 Å². The van der Waals surface area contributed by atoms with E-state index in [-0.39, 0.29) is 11.9 Å². The summed E-state index contributed by atoms with van der Waals surface area (Å²) in [5.41, 5.74) is 0. The zero-order valence-electron chi connectivity index (χ0n) is 10.3. The van der Waals surface area contributed by atoms with E-state index in [1.165, 1.54) is 6.33 Å². The van der Waals surface area contributed by atoms with Crippen LogP contribution in [0.3, 0.4) is 0 Å². The number of nitrogens with one attached hydrogen (secondary N) is 1. The van der Waals surface area contributed by atoms with Crippen molar-refractivity contribution in [3.63, 3.8) is 0 Å². The standard InChI is InChI=1S/C11H19N5O/c1-3-4-15(10-5-12-6-10)11(17)9(2)16-8-13-7-14-16/h7-10,12H,3-6H2,1-2H3. The maximum absolute atomic E-state index is 12.4.